The lowest BCUT2D eigenvalue weighted by atomic mass is 10.2. The van der Waals surface area contributed by atoms with Crippen molar-refractivity contribution in [3.05, 3.63) is 46.4 Å². The number of nitrogens with zero attached hydrogens (tertiary/aromatic N) is 2. The zero-order valence-corrected chi connectivity index (χ0v) is 9.94. The van der Waals surface area contributed by atoms with Crippen LogP contribution in [0.25, 0.3) is 16.6 Å². The van der Waals surface area contributed by atoms with E-state index in [1.165, 1.54) is 18.2 Å². The van der Waals surface area contributed by atoms with Crippen LogP contribution in [0.3, 0.4) is 0 Å². The van der Waals surface area contributed by atoms with Gasteiger partial charge in [0, 0.05) is 12.3 Å². The Morgan fingerprint density at radius 1 is 1.15 bits per heavy atom. The van der Waals surface area contributed by atoms with Crippen LogP contribution < -0.4 is 5.56 Å². The molecule has 0 atom stereocenters. The molecule has 3 rings (SSSR count). The minimum Gasteiger partial charge on any atom is -0.504 e. The molecule has 0 unspecified atom stereocenters. The molecule has 0 fully saturated rings. The summed E-state index contributed by atoms with van der Waals surface area (Å²) in [6.45, 7) is 0. The Balaban J connectivity index is 2.48. The van der Waals surface area contributed by atoms with Gasteiger partial charge in [0.15, 0.2) is 11.5 Å². The molecular weight excluding hydrogens is 264 g/mol. The molecule has 0 saturated heterocycles. The topological polar surface area (TPSA) is 112 Å². The average molecular weight is 272 g/mol. The summed E-state index contributed by atoms with van der Waals surface area (Å²) in [6, 6.07) is 5.00. The van der Waals surface area contributed by atoms with Crippen LogP contribution in [0.15, 0.2) is 35.3 Å². The monoisotopic (exact) mass is 272 g/mol. The minimum absolute atomic E-state index is 0.0521. The van der Waals surface area contributed by atoms with Crippen LogP contribution in [-0.2, 0) is 0 Å². The number of hydrogen-bond acceptors (Lipinski definition) is 5. The Morgan fingerprint density at radius 2 is 1.85 bits per heavy atom. The second-order valence-electron chi connectivity index (χ2n) is 4.23. The highest BCUT2D eigenvalue weighted by atomic mass is 16.4. The first-order chi connectivity index (χ1) is 9.47. The number of aromatic nitrogens is 2. The van der Waals surface area contributed by atoms with Crippen molar-refractivity contribution >= 4 is 22.5 Å². The highest BCUT2D eigenvalue weighted by Gasteiger charge is 2.11. The molecule has 0 aliphatic heterocycles. The highest BCUT2D eigenvalue weighted by molar-refractivity contribution is 5.88. The second-order valence-corrected chi connectivity index (χ2v) is 4.23. The van der Waals surface area contributed by atoms with E-state index in [-0.39, 0.29) is 27.9 Å². The lowest BCUT2D eigenvalue weighted by molar-refractivity contribution is 0.0696. The molecule has 2 heterocycles. The minimum atomic E-state index is -1.16. The molecule has 0 bridgehead atoms. The lowest BCUT2D eigenvalue weighted by Gasteiger charge is -2.05. The molecule has 2 aromatic heterocycles. The van der Waals surface area contributed by atoms with Crippen molar-refractivity contribution in [3.63, 3.8) is 0 Å². The van der Waals surface area contributed by atoms with Crippen LogP contribution in [0, 0.1) is 0 Å². The summed E-state index contributed by atoms with van der Waals surface area (Å²) >= 11 is 0. The molecule has 3 aromatic rings. The first-order valence-electron chi connectivity index (χ1n) is 5.59. The number of hydrogen-bond donors (Lipinski definition) is 3. The van der Waals surface area contributed by atoms with Gasteiger partial charge in [-0.3, -0.25) is 9.20 Å². The van der Waals surface area contributed by atoms with E-state index in [4.69, 9.17) is 5.11 Å². The fourth-order valence-corrected chi connectivity index (χ4v) is 1.96. The fourth-order valence-electron chi connectivity index (χ4n) is 1.96. The van der Waals surface area contributed by atoms with Gasteiger partial charge in [-0.05, 0) is 18.2 Å². The maximum atomic E-state index is 12.3. The Morgan fingerprint density at radius 3 is 2.55 bits per heavy atom. The number of aromatic hydroxyl groups is 2. The molecule has 1 aromatic carbocycles. The molecule has 0 aliphatic carbocycles. The summed E-state index contributed by atoms with van der Waals surface area (Å²) in [4.78, 5) is 27.3. The molecule has 3 N–H and O–H groups in total. The van der Waals surface area contributed by atoms with Crippen molar-refractivity contribution in [1.29, 1.82) is 0 Å². The van der Waals surface area contributed by atoms with E-state index in [1.807, 2.05) is 0 Å². The first-order valence-corrected chi connectivity index (χ1v) is 5.59. The third-order valence-corrected chi connectivity index (χ3v) is 2.95. The van der Waals surface area contributed by atoms with E-state index in [2.05, 4.69) is 4.98 Å². The van der Waals surface area contributed by atoms with Gasteiger partial charge in [-0.15, -0.1) is 0 Å². The van der Waals surface area contributed by atoms with Crippen LogP contribution in [0.5, 0.6) is 11.5 Å². The molecule has 100 valence electrons. The maximum absolute atomic E-state index is 12.3. The molecule has 0 amide bonds. The van der Waals surface area contributed by atoms with Gasteiger partial charge in [0.1, 0.15) is 5.65 Å². The molecule has 0 radical (unpaired) electrons. The molecule has 0 aliphatic rings. The first kappa shape index (κ1) is 12.0. The predicted molar refractivity (Wildman–Crippen MR) is 69.3 cm³/mol. The zero-order valence-electron chi connectivity index (χ0n) is 9.94. The molecule has 7 nitrogen and oxygen atoms in total. The van der Waals surface area contributed by atoms with Crippen LogP contribution >= 0.6 is 0 Å². The maximum Gasteiger partial charge on any atom is 0.337 e. The van der Waals surface area contributed by atoms with E-state index >= 15 is 0 Å². The lowest BCUT2D eigenvalue weighted by Crippen LogP contribution is -2.16. The van der Waals surface area contributed by atoms with Crippen molar-refractivity contribution in [1.82, 2.24) is 9.38 Å². The summed E-state index contributed by atoms with van der Waals surface area (Å²) in [5, 5.41) is 27.9. The SMILES string of the molecule is O=C(O)c1ccc2nc3cc(O)c(O)cc3c(=O)n2c1. The fraction of sp³-hybridized carbons (Fsp3) is 0. The van der Waals surface area contributed by atoms with Crippen LogP contribution in [0.4, 0.5) is 0 Å². The van der Waals surface area contributed by atoms with Gasteiger partial charge in [0.2, 0.25) is 0 Å². The Bertz CT molecular complexity index is 929. The number of rotatable bonds is 1. The summed E-state index contributed by atoms with van der Waals surface area (Å²) in [6.07, 6.45) is 1.16. The standard InChI is InChI=1S/C13H8N2O5/c16-9-3-7-8(4-10(9)17)14-11-2-1-6(13(19)20)5-15(11)12(7)18/h1-5,16-17H,(H,19,20). The third kappa shape index (κ3) is 1.64. The van der Waals surface area contributed by atoms with Crippen molar-refractivity contribution in [3.8, 4) is 11.5 Å². The second kappa shape index (κ2) is 3.95. The largest absolute Gasteiger partial charge is 0.504 e. The summed E-state index contributed by atoms with van der Waals surface area (Å²) in [5.74, 6) is -1.98. The number of aromatic carboxylic acids is 1. The van der Waals surface area contributed by atoms with Gasteiger partial charge in [0.05, 0.1) is 16.5 Å². The van der Waals surface area contributed by atoms with Gasteiger partial charge >= 0.3 is 5.97 Å². The molecule has 20 heavy (non-hydrogen) atoms. The van der Waals surface area contributed by atoms with Crippen molar-refractivity contribution < 1.29 is 20.1 Å². The number of pyridine rings is 1. The molecular formula is C13H8N2O5. The van der Waals surface area contributed by atoms with E-state index in [0.717, 1.165) is 16.7 Å². The quantitative estimate of drug-likeness (QED) is 0.449. The molecule has 0 spiro atoms. The third-order valence-electron chi connectivity index (χ3n) is 2.95. The van der Waals surface area contributed by atoms with E-state index < -0.39 is 17.3 Å². The van der Waals surface area contributed by atoms with Crippen LogP contribution in [0.1, 0.15) is 10.4 Å². The van der Waals surface area contributed by atoms with E-state index in [0.29, 0.717) is 0 Å². The number of carboxylic acids is 1. The number of phenols is 2. The van der Waals surface area contributed by atoms with Gasteiger partial charge in [-0.2, -0.15) is 0 Å². The number of benzene rings is 1. The van der Waals surface area contributed by atoms with Crippen molar-refractivity contribution in [2.45, 2.75) is 0 Å². The van der Waals surface area contributed by atoms with Gasteiger partial charge in [-0.25, -0.2) is 9.78 Å². The van der Waals surface area contributed by atoms with Gasteiger partial charge in [0.25, 0.3) is 5.56 Å². The Labute approximate surface area is 111 Å². The smallest absolute Gasteiger partial charge is 0.337 e. The van der Waals surface area contributed by atoms with Crippen LogP contribution in [-0.4, -0.2) is 30.7 Å². The number of phenolic OH excluding ortho intramolecular Hbond substituents is 2. The zero-order chi connectivity index (χ0) is 14.4. The number of carbonyl (C=O) groups is 1. The van der Waals surface area contributed by atoms with Gasteiger partial charge < -0.3 is 15.3 Å². The summed E-state index contributed by atoms with van der Waals surface area (Å²) in [5.41, 5.74) is -0.113. The average Bonchev–Trinajstić information content (AvgIpc) is 2.41. The Hall–Kier alpha value is -3.09. The Kier molecular flexibility index (Phi) is 2.37. The van der Waals surface area contributed by atoms with Crippen molar-refractivity contribution in [2.75, 3.05) is 0 Å². The highest BCUT2D eigenvalue weighted by Crippen LogP contribution is 2.27. The van der Waals surface area contributed by atoms with E-state index in [1.54, 1.807) is 0 Å². The number of fused-ring (bicyclic) bond motifs is 2. The molecule has 7 heteroatoms. The van der Waals surface area contributed by atoms with E-state index in [9.17, 15) is 19.8 Å². The summed E-state index contributed by atoms with van der Waals surface area (Å²) in [7, 11) is 0. The predicted octanol–water partition coefficient (Wildman–Crippen LogP) is 0.957. The normalized spacial score (nSPS) is 11.0. The van der Waals surface area contributed by atoms with Crippen molar-refractivity contribution in [2.24, 2.45) is 0 Å². The number of carboxylic acid groups (broad SMARTS) is 1. The van der Waals surface area contributed by atoms with Crippen LogP contribution in [0.2, 0.25) is 0 Å². The summed E-state index contributed by atoms with van der Waals surface area (Å²) < 4.78 is 1.09. The van der Waals surface area contributed by atoms with Gasteiger partial charge in [-0.1, -0.05) is 0 Å². The molecule has 0 saturated carbocycles.